The van der Waals surface area contributed by atoms with Crippen molar-refractivity contribution < 1.29 is 14.3 Å². The van der Waals surface area contributed by atoms with E-state index in [-0.39, 0.29) is 18.1 Å². The average molecular weight is 249 g/mol. The van der Waals surface area contributed by atoms with Crippen LogP contribution in [0, 0.1) is 0 Å². The average Bonchev–Trinajstić information content (AvgIpc) is 2.89. The van der Waals surface area contributed by atoms with E-state index in [0.717, 1.165) is 11.5 Å². The summed E-state index contributed by atoms with van der Waals surface area (Å²) in [6, 6.07) is 8.74. The van der Waals surface area contributed by atoms with E-state index in [9.17, 15) is 9.59 Å². The normalized spacial score (nSPS) is 26.8. The molecule has 2 unspecified atom stereocenters. The maximum absolute atomic E-state index is 12.2. The van der Waals surface area contributed by atoms with Gasteiger partial charge in [-0.05, 0) is 12.1 Å². The zero-order valence-corrected chi connectivity index (χ0v) is 9.85. The van der Waals surface area contributed by atoms with Crippen molar-refractivity contribution in [3.8, 4) is 0 Å². The molecule has 0 saturated carbocycles. The fourth-order valence-corrected chi connectivity index (χ4v) is 3.42. The zero-order valence-electron chi connectivity index (χ0n) is 9.04. The lowest BCUT2D eigenvalue weighted by atomic mass is 10.1. The third kappa shape index (κ3) is 1.70. The molecule has 1 aromatic carbocycles. The second kappa shape index (κ2) is 4.07. The molecule has 0 aromatic heterocycles. The van der Waals surface area contributed by atoms with Crippen LogP contribution in [0.1, 0.15) is 10.4 Å². The first-order valence-electron chi connectivity index (χ1n) is 5.44. The maximum atomic E-state index is 12.2. The van der Waals surface area contributed by atoms with E-state index in [1.807, 2.05) is 6.07 Å². The number of fused-ring (bicyclic) bond motifs is 1. The van der Waals surface area contributed by atoms with E-state index in [1.54, 1.807) is 36.0 Å². The number of nitrogens with zero attached hydrogens (tertiary/aromatic N) is 1. The molecule has 2 aliphatic heterocycles. The molecular formula is C12H11NO3S. The summed E-state index contributed by atoms with van der Waals surface area (Å²) in [4.78, 5) is 25.2. The molecule has 0 N–H and O–H groups in total. The maximum Gasteiger partial charge on any atom is 0.417 e. The Balaban J connectivity index is 1.89. The van der Waals surface area contributed by atoms with Crippen LogP contribution < -0.4 is 0 Å². The summed E-state index contributed by atoms with van der Waals surface area (Å²) >= 11 is 1.71. The Morgan fingerprint density at radius 1 is 1.29 bits per heavy atom. The molecule has 2 amide bonds. The molecule has 2 saturated heterocycles. The Morgan fingerprint density at radius 3 is 2.82 bits per heavy atom. The molecule has 3 rings (SSSR count). The molecule has 88 valence electrons. The smallest absolute Gasteiger partial charge is 0.417 e. The van der Waals surface area contributed by atoms with Crippen molar-refractivity contribution in [2.45, 2.75) is 12.1 Å². The van der Waals surface area contributed by atoms with Gasteiger partial charge >= 0.3 is 6.09 Å². The number of imide groups is 1. The fraction of sp³-hybridized carbons (Fsp3) is 0.333. The van der Waals surface area contributed by atoms with Crippen molar-refractivity contribution in [1.82, 2.24) is 4.90 Å². The molecule has 2 fully saturated rings. The van der Waals surface area contributed by atoms with E-state index >= 15 is 0 Å². The third-order valence-electron chi connectivity index (χ3n) is 3.02. The Morgan fingerprint density at radius 2 is 2.06 bits per heavy atom. The topological polar surface area (TPSA) is 46.6 Å². The van der Waals surface area contributed by atoms with Crippen molar-refractivity contribution in [2.75, 3.05) is 11.5 Å². The van der Waals surface area contributed by atoms with Gasteiger partial charge in [-0.25, -0.2) is 9.69 Å². The lowest BCUT2D eigenvalue weighted by Crippen LogP contribution is -2.40. The van der Waals surface area contributed by atoms with Gasteiger partial charge in [-0.2, -0.15) is 11.8 Å². The van der Waals surface area contributed by atoms with Crippen LogP contribution in [-0.2, 0) is 4.74 Å². The number of ether oxygens (including phenoxy) is 1. The first kappa shape index (κ1) is 10.7. The summed E-state index contributed by atoms with van der Waals surface area (Å²) in [6.07, 6.45) is -0.630. The number of thioether (sulfide) groups is 1. The zero-order chi connectivity index (χ0) is 11.8. The molecule has 4 nitrogen and oxygen atoms in total. The second-order valence-corrected chi connectivity index (χ2v) is 5.14. The minimum Gasteiger partial charge on any atom is -0.443 e. The van der Waals surface area contributed by atoms with Crippen molar-refractivity contribution in [2.24, 2.45) is 0 Å². The summed E-state index contributed by atoms with van der Waals surface area (Å²) in [5, 5.41) is 0. The number of hydrogen-bond acceptors (Lipinski definition) is 4. The van der Waals surface area contributed by atoms with Crippen LogP contribution >= 0.6 is 11.8 Å². The predicted molar refractivity (Wildman–Crippen MR) is 64.0 cm³/mol. The van der Waals surface area contributed by atoms with E-state index < -0.39 is 6.09 Å². The van der Waals surface area contributed by atoms with Crippen molar-refractivity contribution in [1.29, 1.82) is 0 Å². The van der Waals surface area contributed by atoms with E-state index in [2.05, 4.69) is 0 Å². The van der Waals surface area contributed by atoms with Gasteiger partial charge in [0.1, 0.15) is 6.10 Å². The van der Waals surface area contributed by atoms with Gasteiger partial charge < -0.3 is 4.74 Å². The highest BCUT2D eigenvalue weighted by atomic mass is 32.2. The van der Waals surface area contributed by atoms with Crippen molar-refractivity contribution in [3.63, 3.8) is 0 Å². The summed E-state index contributed by atoms with van der Waals surface area (Å²) in [7, 11) is 0. The molecule has 0 radical (unpaired) electrons. The molecule has 2 atom stereocenters. The number of amides is 2. The number of carbonyl (C=O) groups excluding carboxylic acids is 2. The molecule has 1 aromatic rings. The van der Waals surface area contributed by atoms with Crippen LogP contribution in [0.2, 0.25) is 0 Å². The van der Waals surface area contributed by atoms with E-state index in [4.69, 9.17) is 4.74 Å². The quantitative estimate of drug-likeness (QED) is 0.761. The molecule has 2 aliphatic rings. The highest BCUT2D eigenvalue weighted by Gasteiger charge is 2.48. The van der Waals surface area contributed by atoms with E-state index in [1.165, 1.54) is 4.90 Å². The summed E-state index contributed by atoms with van der Waals surface area (Å²) in [6.45, 7) is 0. The number of carbonyl (C=O) groups is 2. The monoisotopic (exact) mass is 249 g/mol. The third-order valence-corrected chi connectivity index (χ3v) is 4.16. The predicted octanol–water partition coefficient (Wildman–Crippen LogP) is 1.76. The van der Waals surface area contributed by atoms with Crippen LogP contribution in [0.3, 0.4) is 0 Å². The highest BCUT2D eigenvalue weighted by Crippen LogP contribution is 2.32. The largest absolute Gasteiger partial charge is 0.443 e. The fourth-order valence-electron chi connectivity index (χ4n) is 2.15. The van der Waals surface area contributed by atoms with Gasteiger partial charge in [-0.1, -0.05) is 18.2 Å². The van der Waals surface area contributed by atoms with Gasteiger partial charge in [-0.3, -0.25) is 4.79 Å². The van der Waals surface area contributed by atoms with Gasteiger partial charge in [0.25, 0.3) is 5.91 Å². The standard InChI is InChI=1S/C12H11NO3S/c14-11(8-4-2-1-3-5-8)13-9-6-17-7-10(9)16-12(13)15/h1-5,9-10H,6-7H2. The molecule has 5 heteroatoms. The highest BCUT2D eigenvalue weighted by molar-refractivity contribution is 7.99. The Kier molecular flexibility index (Phi) is 2.55. The Labute approximate surface area is 103 Å². The van der Waals surface area contributed by atoms with Crippen LogP contribution in [0.4, 0.5) is 4.79 Å². The van der Waals surface area contributed by atoms with Gasteiger partial charge in [-0.15, -0.1) is 0 Å². The first-order chi connectivity index (χ1) is 8.27. The summed E-state index contributed by atoms with van der Waals surface area (Å²) < 4.78 is 5.19. The van der Waals surface area contributed by atoms with Crippen LogP contribution in [0.5, 0.6) is 0 Å². The molecule has 0 spiro atoms. The Hall–Kier alpha value is -1.49. The SMILES string of the molecule is O=C1OC2CSCC2N1C(=O)c1ccccc1. The molecule has 17 heavy (non-hydrogen) atoms. The molecular weight excluding hydrogens is 238 g/mol. The van der Waals surface area contributed by atoms with Crippen molar-refractivity contribution in [3.05, 3.63) is 35.9 Å². The lowest BCUT2D eigenvalue weighted by molar-refractivity contribution is 0.0783. The van der Waals surface area contributed by atoms with Gasteiger partial charge in [0.05, 0.1) is 6.04 Å². The summed E-state index contributed by atoms with van der Waals surface area (Å²) in [5.74, 6) is 1.30. The number of rotatable bonds is 1. The van der Waals surface area contributed by atoms with Gasteiger partial charge in [0.2, 0.25) is 0 Å². The molecule has 2 heterocycles. The number of benzene rings is 1. The Bertz CT molecular complexity index is 462. The number of hydrogen-bond donors (Lipinski definition) is 0. The van der Waals surface area contributed by atoms with E-state index in [0.29, 0.717) is 5.56 Å². The van der Waals surface area contributed by atoms with Gasteiger partial charge in [0, 0.05) is 17.1 Å². The summed E-state index contributed by atoms with van der Waals surface area (Å²) in [5.41, 5.74) is 0.530. The van der Waals surface area contributed by atoms with Crippen molar-refractivity contribution >= 4 is 23.8 Å². The van der Waals surface area contributed by atoms with Crippen LogP contribution in [-0.4, -0.2) is 40.6 Å². The lowest BCUT2D eigenvalue weighted by Gasteiger charge is -2.17. The van der Waals surface area contributed by atoms with Gasteiger partial charge in [0.15, 0.2) is 0 Å². The molecule has 0 bridgehead atoms. The minimum atomic E-state index is -0.505. The van der Waals surface area contributed by atoms with Crippen LogP contribution in [0.25, 0.3) is 0 Å². The molecule has 0 aliphatic carbocycles. The second-order valence-electron chi connectivity index (χ2n) is 4.07. The van der Waals surface area contributed by atoms with Crippen LogP contribution in [0.15, 0.2) is 30.3 Å². The minimum absolute atomic E-state index is 0.0970. The first-order valence-corrected chi connectivity index (χ1v) is 6.60.